The molecule has 106 valence electrons. The van der Waals surface area contributed by atoms with Crippen LogP contribution in [0.2, 0.25) is 0 Å². The van der Waals surface area contributed by atoms with E-state index in [1.165, 1.54) is 12.0 Å². The number of hydrogen-bond donors (Lipinski definition) is 1. The molecule has 1 aromatic heterocycles. The lowest BCUT2D eigenvalue weighted by molar-refractivity contribution is -0.141. The number of methoxy groups -OCH3 is 1. The molecule has 0 radical (unpaired) electrons. The minimum absolute atomic E-state index is 0.0825. The van der Waals surface area contributed by atoms with Crippen LogP contribution in [-0.2, 0) is 16.0 Å². The van der Waals surface area contributed by atoms with Gasteiger partial charge in [-0.3, -0.25) is 14.7 Å². The third-order valence-electron chi connectivity index (χ3n) is 2.54. The lowest BCUT2D eigenvalue weighted by Crippen LogP contribution is -2.37. The van der Waals surface area contributed by atoms with Gasteiger partial charge < -0.3 is 9.64 Å². The van der Waals surface area contributed by atoms with Gasteiger partial charge in [-0.15, -0.1) is 5.10 Å². The fraction of sp³-hybridized carbons (Fsp3) is 0.667. The van der Waals surface area contributed by atoms with E-state index < -0.39 is 5.97 Å². The zero-order chi connectivity index (χ0) is 14.3. The number of rotatable bonds is 7. The molecule has 0 spiro atoms. The number of aromatic amines is 1. The smallest absolute Gasteiger partial charge is 0.325 e. The summed E-state index contributed by atoms with van der Waals surface area (Å²) in [6, 6.07) is 0. The Kier molecular flexibility index (Phi) is 5.98. The Bertz CT molecular complexity index is 430. The Morgan fingerprint density at radius 2 is 2.05 bits per heavy atom. The van der Waals surface area contributed by atoms with Gasteiger partial charge in [-0.05, 0) is 12.8 Å². The van der Waals surface area contributed by atoms with Crippen molar-refractivity contribution < 1.29 is 14.3 Å². The van der Waals surface area contributed by atoms with Crippen LogP contribution in [0.25, 0.3) is 0 Å². The Balaban J connectivity index is 2.76. The molecule has 0 fully saturated rings. The standard InChI is InChI=1S/C12H20N4O3/c1-4-6-9-13-11(15-14-9)12(18)16(7-5-2)8-10(17)19-3/h4-8H2,1-3H3,(H,13,14,15). The van der Waals surface area contributed by atoms with Crippen molar-refractivity contribution >= 4 is 11.9 Å². The Labute approximate surface area is 112 Å². The Hall–Kier alpha value is -1.92. The van der Waals surface area contributed by atoms with Gasteiger partial charge in [0.1, 0.15) is 12.4 Å². The van der Waals surface area contributed by atoms with Gasteiger partial charge in [-0.2, -0.15) is 0 Å². The molecule has 1 aromatic rings. The number of aryl methyl sites for hydroxylation is 1. The summed E-state index contributed by atoms with van der Waals surface area (Å²) in [5.74, 6) is -0.0295. The number of ether oxygens (including phenoxy) is 1. The van der Waals surface area contributed by atoms with Crippen LogP contribution in [0.1, 0.15) is 43.1 Å². The summed E-state index contributed by atoms with van der Waals surface area (Å²) >= 11 is 0. The second kappa shape index (κ2) is 7.50. The number of amides is 1. The van der Waals surface area contributed by atoms with Crippen molar-refractivity contribution in [2.45, 2.75) is 33.1 Å². The third kappa shape index (κ3) is 4.35. The van der Waals surface area contributed by atoms with Crippen molar-refractivity contribution in [3.05, 3.63) is 11.6 Å². The summed E-state index contributed by atoms with van der Waals surface area (Å²) in [6.07, 6.45) is 2.41. The number of nitrogens with zero attached hydrogens (tertiary/aromatic N) is 3. The van der Waals surface area contributed by atoms with Crippen LogP contribution in [0.4, 0.5) is 0 Å². The van der Waals surface area contributed by atoms with Crippen molar-refractivity contribution in [2.75, 3.05) is 20.2 Å². The molecule has 0 aliphatic rings. The quantitative estimate of drug-likeness (QED) is 0.738. The van der Waals surface area contributed by atoms with Gasteiger partial charge in [-0.1, -0.05) is 13.8 Å². The van der Waals surface area contributed by atoms with Crippen molar-refractivity contribution in [1.82, 2.24) is 20.1 Å². The molecular weight excluding hydrogens is 248 g/mol. The predicted molar refractivity (Wildman–Crippen MR) is 68.6 cm³/mol. The SMILES string of the molecule is CCCc1nc(C(=O)N(CCC)CC(=O)OC)n[nH]1. The summed E-state index contributed by atoms with van der Waals surface area (Å²) in [6.45, 7) is 4.33. The number of carbonyl (C=O) groups is 2. The van der Waals surface area contributed by atoms with Gasteiger partial charge in [0.25, 0.3) is 5.91 Å². The number of esters is 1. The molecule has 1 amide bonds. The molecule has 1 rings (SSSR count). The molecule has 7 heteroatoms. The van der Waals surface area contributed by atoms with E-state index in [2.05, 4.69) is 19.9 Å². The van der Waals surface area contributed by atoms with E-state index in [1.54, 1.807) is 0 Å². The minimum atomic E-state index is -0.453. The van der Waals surface area contributed by atoms with E-state index >= 15 is 0 Å². The number of nitrogens with one attached hydrogen (secondary N) is 1. The normalized spacial score (nSPS) is 10.3. The minimum Gasteiger partial charge on any atom is -0.468 e. The molecular formula is C12H20N4O3. The molecule has 0 aliphatic carbocycles. The monoisotopic (exact) mass is 268 g/mol. The second-order valence-corrected chi connectivity index (χ2v) is 4.16. The van der Waals surface area contributed by atoms with E-state index in [4.69, 9.17) is 0 Å². The molecule has 0 saturated heterocycles. The van der Waals surface area contributed by atoms with Gasteiger partial charge in [0, 0.05) is 13.0 Å². The maximum Gasteiger partial charge on any atom is 0.325 e. The molecule has 0 saturated carbocycles. The molecule has 7 nitrogen and oxygen atoms in total. The van der Waals surface area contributed by atoms with Crippen LogP contribution in [0.5, 0.6) is 0 Å². The van der Waals surface area contributed by atoms with Crippen LogP contribution in [0, 0.1) is 0 Å². The number of H-pyrrole nitrogens is 1. The summed E-state index contributed by atoms with van der Waals surface area (Å²) < 4.78 is 4.58. The van der Waals surface area contributed by atoms with Gasteiger partial charge in [-0.25, -0.2) is 4.98 Å². The average molecular weight is 268 g/mol. The summed E-state index contributed by atoms with van der Waals surface area (Å²) in [7, 11) is 1.29. The zero-order valence-corrected chi connectivity index (χ0v) is 11.6. The first-order chi connectivity index (χ1) is 9.12. The van der Waals surface area contributed by atoms with E-state index in [1.807, 2.05) is 13.8 Å². The van der Waals surface area contributed by atoms with E-state index in [-0.39, 0.29) is 18.3 Å². The molecule has 0 aliphatic heterocycles. The molecule has 1 heterocycles. The van der Waals surface area contributed by atoms with Crippen LogP contribution >= 0.6 is 0 Å². The van der Waals surface area contributed by atoms with Crippen molar-refractivity contribution in [1.29, 1.82) is 0 Å². The second-order valence-electron chi connectivity index (χ2n) is 4.16. The Morgan fingerprint density at radius 3 is 2.63 bits per heavy atom. The van der Waals surface area contributed by atoms with E-state index in [0.29, 0.717) is 12.4 Å². The van der Waals surface area contributed by atoms with Crippen molar-refractivity contribution in [2.24, 2.45) is 0 Å². The number of aromatic nitrogens is 3. The van der Waals surface area contributed by atoms with Gasteiger partial charge in [0.05, 0.1) is 7.11 Å². The van der Waals surface area contributed by atoms with Crippen molar-refractivity contribution in [3.8, 4) is 0 Å². The van der Waals surface area contributed by atoms with Crippen LogP contribution in [0.3, 0.4) is 0 Å². The number of carbonyl (C=O) groups excluding carboxylic acids is 2. The van der Waals surface area contributed by atoms with Gasteiger partial charge in [0.15, 0.2) is 0 Å². The first kappa shape index (κ1) is 15.1. The van der Waals surface area contributed by atoms with Gasteiger partial charge >= 0.3 is 5.97 Å². The van der Waals surface area contributed by atoms with Crippen LogP contribution < -0.4 is 0 Å². The van der Waals surface area contributed by atoms with Crippen LogP contribution in [0.15, 0.2) is 0 Å². The largest absolute Gasteiger partial charge is 0.468 e. The summed E-state index contributed by atoms with van der Waals surface area (Å²) in [4.78, 5) is 29.0. The average Bonchev–Trinajstić information content (AvgIpc) is 2.86. The zero-order valence-electron chi connectivity index (χ0n) is 11.6. The predicted octanol–water partition coefficient (Wildman–Crippen LogP) is 0.782. The highest BCUT2D eigenvalue weighted by Gasteiger charge is 2.22. The fourth-order valence-corrected chi connectivity index (χ4v) is 1.62. The molecule has 0 bridgehead atoms. The molecule has 0 aromatic carbocycles. The first-order valence-electron chi connectivity index (χ1n) is 6.39. The molecule has 1 N–H and O–H groups in total. The topological polar surface area (TPSA) is 88.2 Å². The summed E-state index contributed by atoms with van der Waals surface area (Å²) in [5, 5.41) is 6.62. The van der Waals surface area contributed by atoms with Gasteiger partial charge in [0.2, 0.25) is 5.82 Å². The van der Waals surface area contributed by atoms with E-state index in [9.17, 15) is 9.59 Å². The maximum absolute atomic E-state index is 12.2. The summed E-state index contributed by atoms with van der Waals surface area (Å²) in [5.41, 5.74) is 0. The highest BCUT2D eigenvalue weighted by atomic mass is 16.5. The van der Waals surface area contributed by atoms with E-state index in [0.717, 1.165) is 19.3 Å². The first-order valence-corrected chi connectivity index (χ1v) is 6.39. The highest BCUT2D eigenvalue weighted by Crippen LogP contribution is 2.03. The Morgan fingerprint density at radius 1 is 1.32 bits per heavy atom. The lowest BCUT2D eigenvalue weighted by Gasteiger charge is -2.18. The fourth-order valence-electron chi connectivity index (χ4n) is 1.62. The molecule has 0 atom stereocenters. The maximum atomic E-state index is 12.2. The van der Waals surface area contributed by atoms with Crippen LogP contribution in [-0.4, -0.2) is 52.2 Å². The lowest BCUT2D eigenvalue weighted by atomic mass is 10.3. The third-order valence-corrected chi connectivity index (χ3v) is 2.54. The number of hydrogen-bond acceptors (Lipinski definition) is 5. The molecule has 0 unspecified atom stereocenters. The molecule has 19 heavy (non-hydrogen) atoms. The highest BCUT2D eigenvalue weighted by molar-refractivity contribution is 5.92. The van der Waals surface area contributed by atoms with Crippen molar-refractivity contribution in [3.63, 3.8) is 0 Å².